The van der Waals surface area contributed by atoms with E-state index in [0.29, 0.717) is 6.42 Å². The zero-order valence-electron chi connectivity index (χ0n) is 8.67. The van der Waals surface area contributed by atoms with E-state index in [9.17, 15) is 4.79 Å². The molecule has 84 valence electrons. The minimum atomic E-state index is -0.354. The van der Waals surface area contributed by atoms with Gasteiger partial charge in [0.05, 0.1) is 6.26 Å². The average Bonchev–Trinajstić information content (AvgIpc) is 2.88. The second-order valence-corrected chi connectivity index (χ2v) is 3.39. The fourth-order valence-corrected chi connectivity index (χ4v) is 1.33. The van der Waals surface area contributed by atoms with E-state index in [1.807, 2.05) is 19.1 Å². The normalized spacial score (nSPS) is 12.3. The summed E-state index contributed by atoms with van der Waals surface area (Å²) in [5, 5.41) is 15.4. The average molecular weight is 221 g/mol. The predicted octanol–water partition coefficient (Wildman–Crippen LogP) is 0.154. The number of furan rings is 1. The van der Waals surface area contributed by atoms with Crippen molar-refractivity contribution in [1.82, 2.24) is 25.9 Å². The molecule has 0 fully saturated rings. The highest BCUT2D eigenvalue weighted by molar-refractivity contribution is 5.90. The zero-order valence-corrected chi connectivity index (χ0v) is 8.67. The molecular formula is C9H11N5O2. The second kappa shape index (κ2) is 4.56. The van der Waals surface area contributed by atoms with Gasteiger partial charge in [-0.15, -0.1) is 10.2 Å². The highest BCUT2D eigenvalue weighted by Gasteiger charge is 2.14. The molecule has 0 saturated carbocycles. The van der Waals surface area contributed by atoms with Crippen molar-refractivity contribution in [1.29, 1.82) is 0 Å². The highest BCUT2D eigenvalue weighted by Crippen LogP contribution is 2.03. The first-order valence-corrected chi connectivity index (χ1v) is 4.82. The molecule has 0 aromatic carbocycles. The lowest BCUT2D eigenvalue weighted by Gasteiger charge is -2.10. The maximum absolute atomic E-state index is 11.5. The molecule has 2 rings (SSSR count). The molecule has 0 radical (unpaired) electrons. The Kier molecular flexibility index (Phi) is 2.95. The smallest absolute Gasteiger partial charge is 0.293 e. The van der Waals surface area contributed by atoms with Crippen LogP contribution in [0.25, 0.3) is 0 Å². The Morgan fingerprint density at radius 2 is 2.56 bits per heavy atom. The number of H-pyrrole nitrogens is 1. The van der Waals surface area contributed by atoms with E-state index in [1.54, 1.807) is 6.26 Å². The van der Waals surface area contributed by atoms with E-state index < -0.39 is 0 Å². The molecule has 2 aromatic rings. The summed E-state index contributed by atoms with van der Waals surface area (Å²) in [5.74, 6) is 0.500. The molecule has 0 bridgehead atoms. The summed E-state index contributed by atoms with van der Waals surface area (Å²) in [7, 11) is 0. The van der Waals surface area contributed by atoms with Crippen LogP contribution in [0, 0.1) is 0 Å². The van der Waals surface area contributed by atoms with Gasteiger partial charge in [0, 0.05) is 12.5 Å². The molecule has 2 heterocycles. The Hall–Kier alpha value is -2.18. The molecule has 2 N–H and O–H groups in total. The van der Waals surface area contributed by atoms with Gasteiger partial charge >= 0.3 is 0 Å². The molecule has 16 heavy (non-hydrogen) atoms. The Morgan fingerprint density at radius 1 is 1.69 bits per heavy atom. The SMILES string of the molecule is CC(Cc1ccco1)NC(=O)c1nn[nH]n1. The van der Waals surface area contributed by atoms with E-state index in [4.69, 9.17) is 4.42 Å². The molecule has 7 nitrogen and oxygen atoms in total. The monoisotopic (exact) mass is 221 g/mol. The maximum Gasteiger partial charge on any atom is 0.293 e. The van der Waals surface area contributed by atoms with Crippen molar-refractivity contribution in [3.63, 3.8) is 0 Å². The van der Waals surface area contributed by atoms with Crippen molar-refractivity contribution in [3.8, 4) is 0 Å². The third-order valence-corrected chi connectivity index (χ3v) is 2.01. The quantitative estimate of drug-likeness (QED) is 0.766. The Bertz CT molecular complexity index is 436. The van der Waals surface area contributed by atoms with Gasteiger partial charge in [0.15, 0.2) is 0 Å². The lowest BCUT2D eigenvalue weighted by Crippen LogP contribution is -2.34. The second-order valence-electron chi connectivity index (χ2n) is 3.39. The van der Waals surface area contributed by atoms with Crippen LogP contribution in [0.1, 0.15) is 23.3 Å². The van der Waals surface area contributed by atoms with Crippen LogP contribution in [-0.4, -0.2) is 32.6 Å². The molecule has 1 amide bonds. The number of aromatic nitrogens is 4. The molecule has 7 heteroatoms. The number of nitrogens with zero attached hydrogens (tertiary/aromatic N) is 3. The number of nitrogens with one attached hydrogen (secondary N) is 2. The fourth-order valence-electron chi connectivity index (χ4n) is 1.33. The summed E-state index contributed by atoms with van der Waals surface area (Å²) < 4.78 is 5.18. The van der Waals surface area contributed by atoms with Crippen molar-refractivity contribution < 1.29 is 9.21 Å². The van der Waals surface area contributed by atoms with Gasteiger partial charge in [-0.05, 0) is 24.3 Å². The van der Waals surface area contributed by atoms with Crippen LogP contribution in [0.2, 0.25) is 0 Å². The van der Waals surface area contributed by atoms with Crippen molar-refractivity contribution >= 4 is 5.91 Å². The van der Waals surface area contributed by atoms with E-state index in [0.717, 1.165) is 5.76 Å². The van der Waals surface area contributed by atoms with E-state index in [2.05, 4.69) is 25.9 Å². The fraction of sp³-hybridized carbons (Fsp3) is 0.333. The number of hydrogen-bond acceptors (Lipinski definition) is 5. The van der Waals surface area contributed by atoms with Crippen LogP contribution in [0.3, 0.4) is 0 Å². The van der Waals surface area contributed by atoms with Crippen LogP contribution in [0.15, 0.2) is 22.8 Å². The van der Waals surface area contributed by atoms with Crippen LogP contribution in [-0.2, 0) is 6.42 Å². The predicted molar refractivity (Wildman–Crippen MR) is 53.5 cm³/mol. The Labute approximate surface area is 91.2 Å². The topological polar surface area (TPSA) is 96.7 Å². The van der Waals surface area contributed by atoms with Crippen LogP contribution in [0.4, 0.5) is 0 Å². The van der Waals surface area contributed by atoms with Gasteiger partial charge in [-0.1, -0.05) is 0 Å². The molecule has 1 unspecified atom stereocenters. The Morgan fingerprint density at radius 3 is 3.19 bits per heavy atom. The molecule has 0 aliphatic heterocycles. The number of amides is 1. The number of carbonyl (C=O) groups excluding carboxylic acids is 1. The van der Waals surface area contributed by atoms with E-state index >= 15 is 0 Å². The Balaban J connectivity index is 1.88. The van der Waals surface area contributed by atoms with Crippen LogP contribution >= 0.6 is 0 Å². The number of hydrogen-bond donors (Lipinski definition) is 2. The van der Waals surface area contributed by atoms with Gasteiger partial charge in [-0.25, -0.2) is 0 Å². The molecule has 1 atom stereocenters. The molecule has 0 saturated heterocycles. The lowest BCUT2D eigenvalue weighted by molar-refractivity contribution is 0.0929. The standard InChI is InChI=1S/C9H11N5O2/c1-6(5-7-3-2-4-16-7)10-9(15)8-11-13-14-12-8/h2-4,6H,5H2,1H3,(H,10,15)(H,11,12,13,14). The van der Waals surface area contributed by atoms with Gasteiger partial charge < -0.3 is 9.73 Å². The third kappa shape index (κ3) is 2.44. The summed E-state index contributed by atoms with van der Waals surface area (Å²) in [6.45, 7) is 1.88. The summed E-state index contributed by atoms with van der Waals surface area (Å²) in [4.78, 5) is 11.5. The van der Waals surface area contributed by atoms with Gasteiger partial charge in [0.2, 0.25) is 0 Å². The van der Waals surface area contributed by atoms with Crippen LogP contribution < -0.4 is 5.32 Å². The van der Waals surface area contributed by atoms with Crippen molar-refractivity contribution in [3.05, 3.63) is 30.0 Å². The summed E-state index contributed by atoms with van der Waals surface area (Å²) in [6.07, 6.45) is 2.22. The van der Waals surface area contributed by atoms with Gasteiger partial charge in [0.25, 0.3) is 11.7 Å². The zero-order chi connectivity index (χ0) is 11.4. The third-order valence-electron chi connectivity index (χ3n) is 2.01. The van der Waals surface area contributed by atoms with Crippen molar-refractivity contribution in [2.75, 3.05) is 0 Å². The highest BCUT2D eigenvalue weighted by atomic mass is 16.3. The molecule has 0 aliphatic rings. The minimum Gasteiger partial charge on any atom is -0.469 e. The first-order chi connectivity index (χ1) is 7.75. The molecule has 2 aromatic heterocycles. The first kappa shape index (κ1) is 10.3. The number of carbonyl (C=O) groups is 1. The number of rotatable bonds is 4. The van der Waals surface area contributed by atoms with E-state index in [-0.39, 0.29) is 17.8 Å². The largest absolute Gasteiger partial charge is 0.469 e. The van der Waals surface area contributed by atoms with Crippen LogP contribution in [0.5, 0.6) is 0 Å². The van der Waals surface area contributed by atoms with Crippen molar-refractivity contribution in [2.24, 2.45) is 0 Å². The molecule has 0 aliphatic carbocycles. The minimum absolute atomic E-state index is 0.0336. The van der Waals surface area contributed by atoms with E-state index in [1.165, 1.54) is 0 Å². The lowest BCUT2D eigenvalue weighted by atomic mass is 10.2. The van der Waals surface area contributed by atoms with Gasteiger partial charge in [-0.2, -0.15) is 5.21 Å². The summed E-state index contributed by atoms with van der Waals surface area (Å²) in [6, 6.07) is 3.61. The summed E-state index contributed by atoms with van der Waals surface area (Å²) >= 11 is 0. The van der Waals surface area contributed by atoms with Gasteiger partial charge in [-0.3, -0.25) is 4.79 Å². The first-order valence-electron chi connectivity index (χ1n) is 4.82. The molecular weight excluding hydrogens is 210 g/mol. The number of aromatic amines is 1. The summed E-state index contributed by atoms with van der Waals surface area (Å²) in [5.41, 5.74) is 0. The molecule has 0 spiro atoms. The maximum atomic E-state index is 11.5. The number of tetrazole rings is 1. The van der Waals surface area contributed by atoms with Gasteiger partial charge in [0.1, 0.15) is 5.76 Å². The van der Waals surface area contributed by atoms with Crippen molar-refractivity contribution in [2.45, 2.75) is 19.4 Å².